The van der Waals surface area contributed by atoms with E-state index in [0.717, 1.165) is 36.1 Å². The van der Waals surface area contributed by atoms with Crippen molar-refractivity contribution in [1.82, 2.24) is 10.1 Å². The lowest BCUT2D eigenvalue weighted by atomic mass is 9.64. The van der Waals surface area contributed by atoms with Crippen LogP contribution in [-0.2, 0) is 12.0 Å². The van der Waals surface area contributed by atoms with Crippen LogP contribution in [0.5, 0.6) is 5.75 Å². The standard InChI is InChI=1S/C20H21N3O2/c1-24-17-9-7-16(8-10-17)20(11-2-12-20)19-22-18(23-25-19)15-5-3-14(13-21)4-6-15/h3-10H,2,11-13,21H2,1H3. The number of aromatic nitrogens is 2. The summed E-state index contributed by atoms with van der Waals surface area (Å²) in [6, 6.07) is 16.1. The molecule has 0 radical (unpaired) electrons. The lowest BCUT2D eigenvalue weighted by Gasteiger charge is -2.38. The van der Waals surface area contributed by atoms with Gasteiger partial charge in [0, 0.05) is 12.1 Å². The first-order valence-electron chi connectivity index (χ1n) is 8.53. The van der Waals surface area contributed by atoms with Crippen molar-refractivity contribution in [2.75, 3.05) is 7.11 Å². The fourth-order valence-corrected chi connectivity index (χ4v) is 3.39. The molecule has 0 amide bonds. The Kier molecular flexibility index (Phi) is 4.01. The third kappa shape index (κ3) is 2.70. The van der Waals surface area contributed by atoms with Crippen LogP contribution < -0.4 is 10.5 Å². The zero-order valence-corrected chi connectivity index (χ0v) is 14.2. The SMILES string of the molecule is COc1ccc(C2(c3nc(-c4ccc(CN)cc4)no3)CCC2)cc1. The van der Waals surface area contributed by atoms with E-state index in [4.69, 9.17) is 20.0 Å². The number of ether oxygens (including phenoxy) is 1. The molecule has 2 aromatic carbocycles. The molecule has 1 aromatic heterocycles. The second kappa shape index (κ2) is 6.33. The van der Waals surface area contributed by atoms with Gasteiger partial charge in [0.1, 0.15) is 5.75 Å². The van der Waals surface area contributed by atoms with Gasteiger partial charge in [0.2, 0.25) is 11.7 Å². The Morgan fingerprint density at radius 1 is 1.08 bits per heavy atom. The Labute approximate surface area is 146 Å². The largest absolute Gasteiger partial charge is 0.497 e. The van der Waals surface area contributed by atoms with Crippen LogP contribution in [0.3, 0.4) is 0 Å². The summed E-state index contributed by atoms with van der Waals surface area (Å²) in [6.45, 7) is 0.526. The van der Waals surface area contributed by atoms with E-state index in [1.165, 1.54) is 5.56 Å². The van der Waals surface area contributed by atoms with Gasteiger partial charge in [-0.3, -0.25) is 0 Å². The van der Waals surface area contributed by atoms with Gasteiger partial charge < -0.3 is 15.0 Å². The molecule has 3 aromatic rings. The average Bonchev–Trinajstić information content (AvgIpc) is 3.12. The molecule has 128 valence electrons. The molecule has 1 saturated carbocycles. The van der Waals surface area contributed by atoms with Crippen LogP contribution in [-0.4, -0.2) is 17.3 Å². The molecule has 0 aliphatic heterocycles. The van der Waals surface area contributed by atoms with Crippen LogP contribution in [0.1, 0.15) is 36.3 Å². The van der Waals surface area contributed by atoms with E-state index in [-0.39, 0.29) is 5.41 Å². The van der Waals surface area contributed by atoms with Gasteiger partial charge in [0.05, 0.1) is 12.5 Å². The summed E-state index contributed by atoms with van der Waals surface area (Å²) in [5.41, 5.74) is 8.71. The molecule has 0 unspecified atom stereocenters. The normalized spacial score (nSPS) is 15.6. The third-order valence-electron chi connectivity index (χ3n) is 5.13. The monoisotopic (exact) mass is 335 g/mol. The summed E-state index contributed by atoms with van der Waals surface area (Å²) < 4.78 is 10.9. The minimum atomic E-state index is -0.172. The second-order valence-corrected chi connectivity index (χ2v) is 6.49. The molecular formula is C20H21N3O2. The Hall–Kier alpha value is -2.66. The van der Waals surface area contributed by atoms with Crippen molar-refractivity contribution in [2.24, 2.45) is 5.73 Å². The van der Waals surface area contributed by atoms with E-state index in [0.29, 0.717) is 18.3 Å². The van der Waals surface area contributed by atoms with Crippen molar-refractivity contribution in [1.29, 1.82) is 0 Å². The highest BCUT2D eigenvalue weighted by Crippen LogP contribution is 2.48. The maximum Gasteiger partial charge on any atom is 0.237 e. The molecule has 25 heavy (non-hydrogen) atoms. The number of nitrogens with zero attached hydrogens (tertiary/aromatic N) is 2. The average molecular weight is 335 g/mol. The Morgan fingerprint density at radius 3 is 2.36 bits per heavy atom. The molecule has 2 N–H and O–H groups in total. The summed E-state index contributed by atoms with van der Waals surface area (Å²) in [6.07, 6.45) is 3.20. The molecule has 0 atom stereocenters. The van der Waals surface area contributed by atoms with Gasteiger partial charge in [-0.1, -0.05) is 48.0 Å². The fraction of sp³-hybridized carbons (Fsp3) is 0.300. The second-order valence-electron chi connectivity index (χ2n) is 6.49. The number of hydrogen-bond acceptors (Lipinski definition) is 5. The minimum absolute atomic E-state index is 0.172. The Bertz CT molecular complexity index is 849. The number of rotatable bonds is 5. The van der Waals surface area contributed by atoms with Crippen molar-refractivity contribution in [3.05, 3.63) is 65.5 Å². The van der Waals surface area contributed by atoms with Gasteiger partial charge in [0.15, 0.2) is 0 Å². The van der Waals surface area contributed by atoms with Crippen molar-refractivity contribution < 1.29 is 9.26 Å². The molecule has 5 nitrogen and oxygen atoms in total. The van der Waals surface area contributed by atoms with Crippen LogP contribution in [0.4, 0.5) is 0 Å². The predicted molar refractivity (Wildman–Crippen MR) is 95.3 cm³/mol. The predicted octanol–water partition coefficient (Wildman–Crippen LogP) is 3.67. The van der Waals surface area contributed by atoms with Gasteiger partial charge in [-0.15, -0.1) is 0 Å². The molecule has 1 fully saturated rings. The minimum Gasteiger partial charge on any atom is -0.497 e. The number of benzene rings is 2. The maximum atomic E-state index is 5.68. The highest BCUT2D eigenvalue weighted by Gasteiger charge is 2.45. The fourth-order valence-electron chi connectivity index (χ4n) is 3.39. The lowest BCUT2D eigenvalue weighted by molar-refractivity contribution is 0.216. The molecule has 4 rings (SSSR count). The van der Waals surface area contributed by atoms with Crippen molar-refractivity contribution in [2.45, 2.75) is 31.2 Å². The van der Waals surface area contributed by atoms with Gasteiger partial charge >= 0.3 is 0 Å². The highest BCUT2D eigenvalue weighted by atomic mass is 16.5. The smallest absolute Gasteiger partial charge is 0.237 e. The lowest BCUT2D eigenvalue weighted by Crippen LogP contribution is -2.35. The first kappa shape index (κ1) is 15.8. The summed E-state index contributed by atoms with van der Waals surface area (Å²) in [5.74, 6) is 2.17. The van der Waals surface area contributed by atoms with Crippen LogP contribution in [0.2, 0.25) is 0 Å². The zero-order valence-electron chi connectivity index (χ0n) is 14.2. The molecule has 5 heteroatoms. The van der Waals surface area contributed by atoms with Crippen molar-refractivity contribution in [3.63, 3.8) is 0 Å². The first-order chi connectivity index (χ1) is 12.2. The summed E-state index contributed by atoms with van der Waals surface area (Å²) in [7, 11) is 1.67. The van der Waals surface area contributed by atoms with E-state index in [2.05, 4.69) is 17.3 Å². The molecule has 1 aliphatic rings. The molecule has 1 aliphatic carbocycles. The number of hydrogen-bond donors (Lipinski definition) is 1. The van der Waals surface area contributed by atoms with Crippen LogP contribution in [0, 0.1) is 0 Å². The molecule has 1 heterocycles. The van der Waals surface area contributed by atoms with Gasteiger partial charge in [-0.05, 0) is 36.1 Å². The topological polar surface area (TPSA) is 74.2 Å². The van der Waals surface area contributed by atoms with Gasteiger partial charge in [-0.2, -0.15) is 4.98 Å². The van der Waals surface area contributed by atoms with E-state index in [1.54, 1.807) is 7.11 Å². The summed E-state index contributed by atoms with van der Waals surface area (Å²) >= 11 is 0. The van der Waals surface area contributed by atoms with Crippen molar-refractivity contribution >= 4 is 0 Å². The van der Waals surface area contributed by atoms with Crippen LogP contribution in [0.15, 0.2) is 53.1 Å². The first-order valence-corrected chi connectivity index (χ1v) is 8.53. The Balaban J connectivity index is 1.66. The van der Waals surface area contributed by atoms with Crippen molar-refractivity contribution in [3.8, 4) is 17.1 Å². The highest BCUT2D eigenvalue weighted by molar-refractivity contribution is 5.55. The third-order valence-corrected chi connectivity index (χ3v) is 5.13. The maximum absolute atomic E-state index is 5.68. The van der Waals surface area contributed by atoms with E-state index in [9.17, 15) is 0 Å². The molecule has 0 spiro atoms. The van der Waals surface area contributed by atoms with E-state index < -0.39 is 0 Å². The van der Waals surface area contributed by atoms with Gasteiger partial charge in [0.25, 0.3) is 0 Å². The Morgan fingerprint density at radius 2 is 1.80 bits per heavy atom. The van der Waals surface area contributed by atoms with E-state index >= 15 is 0 Å². The zero-order chi connectivity index (χ0) is 17.3. The van der Waals surface area contributed by atoms with Crippen LogP contribution in [0.25, 0.3) is 11.4 Å². The quantitative estimate of drug-likeness (QED) is 0.770. The molecular weight excluding hydrogens is 314 g/mol. The molecule has 0 saturated heterocycles. The summed E-state index contributed by atoms with van der Waals surface area (Å²) in [4.78, 5) is 4.71. The van der Waals surface area contributed by atoms with Gasteiger partial charge in [-0.25, -0.2) is 0 Å². The van der Waals surface area contributed by atoms with Crippen LogP contribution >= 0.6 is 0 Å². The number of methoxy groups -OCH3 is 1. The summed E-state index contributed by atoms with van der Waals surface area (Å²) in [5, 5.41) is 4.21. The number of nitrogens with two attached hydrogens (primary N) is 1. The molecule has 0 bridgehead atoms. The van der Waals surface area contributed by atoms with E-state index in [1.807, 2.05) is 36.4 Å².